The molecule has 1 amide bonds. The van der Waals surface area contributed by atoms with Gasteiger partial charge in [0.25, 0.3) is 5.56 Å². The van der Waals surface area contributed by atoms with E-state index >= 15 is 0 Å². The maximum absolute atomic E-state index is 13.1. The molecule has 2 rings (SSSR count). The number of nitrogens with two attached hydrogens (primary N) is 1. The van der Waals surface area contributed by atoms with Crippen LogP contribution in [0.25, 0.3) is 0 Å². The number of anilines is 3. The minimum atomic E-state index is -3.06. The molecule has 13 heteroatoms. The SMILES string of the molecule is COCCN(C(=O)CNc1ccc(OC)c(OC(F)F)c1)c1c(N)n(CC(C)C)c(=O)[nH]c1=O. The van der Waals surface area contributed by atoms with Crippen LogP contribution in [-0.4, -0.2) is 56.0 Å². The average molecular weight is 485 g/mol. The largest absolute Gasteiger partial charge is 0.493 e. The van der Waals surface area contributed by atoms with Crippen LogP contribution in [0.4, 0.5) is 26.0 Å². The Labute approximate surface area is 194 Å². The molecule has 34 heavy (non-hydrogen) atoms. The molecule has 0 spiro atoms. The van der Waals surface area contributed by atoms with Crippen LogP contribution in [0.5, 0.6) is 11.5 Å². The van der Waals surface area contributed by atoms with Crippen LogP contribution in [0.2, 0.25) is 0 Å². The van der Waals surface area contributed by atoms with Crippen molar-refractivity contribution >= 4 is 23.1 Å². The molecule has 0 unspecified atom stereocenters. The summed E-state index contributed by atoms with van der Waals surface area (Å²) in [6.45, 7) is 0.649. The molecule has 0 atom stereocenters. The normalized spacial score (nSPS) is 11.1. The highest BCUT2D eigenvalue weighted by Crippen LogP contribution is 2.31. The summed E-state index contributed by atoms with van der Waals surface area (Å²) in [5, 5.41) is 2.80. The van der Waals surface area contributed by atoms with E-state index in [0.717, 1.165) is 4.90 Å². The van der Waals surface area contributed by atoms with Gasteiger partial charge in [-0.2, -0.15) is 8.78 Å². The minimum Gasteiger partial charge on any atom is -0.493 e. The van der Waals surface area contributed by atoms with Gasteiger partial charge in [-0.05, 0) is 18.1 Å². The molecule has 0 saturated carbocycles. The molecule has 0 aliphatic rings. The minimum absolute atomic E-state index is 0.0213. The number of methoxy groups -OCH3 is 2. The number of nitrogen functional groups attached to an aromatic ring is 1. The number of H-pyrrole nitrogens is 1. The van der Waals surface area contributed by atoms with Crippen LogP contribution >= 0.6 is 0 Å². The number of amides is 1. The van der Waals surface area contributed by atoms with Gasteiger partial charge in [-0.15, -0.1) is 0 Å². The molecule has 0 fully saturated rings. The van der Waals surface area contributed by atoms with Gasteiger partial charge in [-0.1, -0.05) is 13.8 Å². The van der Waals surface area contributed by atoms with Gasteiger partial charge < -0.3 is 30.2 Å². The smallest absolute Gasteiger partial charge is 0.387 e. The fraction of sp³-hybridized carbons (Fsp3) is 0.476. The van der Waals surface area contributed by atoms with E-state index in [0.29, 0.717) is 5.69 Å². The second-order valence-corrected chi connectivity index (χ2v) is 7.63. The zero-order chi connectivity index (χ0) is 25.4. The van der Waals surface area contributed by atoms with Crippen LogP contribution in [-0.2, 0) is 16.1 Å². The summed E-state index contributed by atoms with van der Waals surface area (Å²) in [4.78, 5) is 41.2. The van der Waals surface area contributed by atoms with Crippen molar-refractivity contribution in [3.05, 3.63) is 39.0 Å². The number of nitrogens with zero attached hydrogens (tertiary/aromatic N) is 2. The Hall–Kier alpha value is -3.61. The highest BCUT2D eigenvalue weighted by molar-refractivity contribution is 5.98. The van der Waals surface area contributed by atoms with E-state index in [4.69, 9.17) is 15.2 Å². The summed E-state index contributed by atoms with van der Waals surface area (Å²) in [5.41, 5.74) is 4.76. The third kappa shape index (κ3) is 6.70. The third-order valence-corrected chi connectivity index (χ3v) is 4.68. The second-order valence-electron chi connectivity index (χ2n) is 7.63. The van der Waals surface area contributed by atoms with E-state index in [9.17, 15) is 23.2 Å². The molecule has 0 saturated heterocycles. The summed E-state index contributed by atoms with van der Waals surface area (Å²) in [5.74, 6) is -0.804. The van der Waals surface area contributed by atoms with Crippen LogP contribution in [0, 0.1) is 5.92 Å². The molecule has 0 aliphatic heterocycles. The Morgan fingerprint density at radius 1 is 1.24 bits per heavy atom. The fourth-order valence-corrected chi connectivity index (χ4v) is 3.18. The Morgan fingerprint density at radius 3 is 2.53 bits per heavy atom. The molecule has 4 N–H and O–H groups in total. The van der Waals surface area contributed by atoms with Gasteiger partial charge in [0.15, 0.2) is 17.2 Å². The Kier molecular flexibility index (Phi) is 9.42. The first kappa shape index (κ1) is 26.6. The number of benzene rings is 1. The van der Waals surface area contributed by atoms with E-state index in [-0.39, 0.29) is 55.2 Å². The Bertz CT molecular complexity index is 1100. The molecular weight excluding hydrogens is 456 g/mol. The van der Waals surface area contributed by atoms with Crippen molar-refractivity contribution in [2.45, 2.75) is 27.0 Å². The zero-order valence-corrected chi connectivity index (χ0v) is 19.4. The van der Waals surface area contributed by atoms with Crippen LogP contribution in [0.3, 0.4) is 0 Å². The van der Waals surface area contributed by atoms with E-state index < -0.39 is 23.8 Å². The van der Waals surface area contributed by atoms with Gasteiger partial charge in [0.2, 0.25) is 5.91 Å². The summed E-state index contributed by atoms with van der Waals surface area (Å²) >= 11 is 0. The van der Waals surface area contributed by atoms with E-state index in [1.54, 1.807) is 0 Å². The van der Waals surface area contributed by atoms with Gasteiger partial charge >= 0.3 is 12.3 Å². The molecule has 1 heterocycles. The summed E-state index contributed by atoms with van der Waals surface area (Å²) < 4.78 is 41.0. The molecular formula is C21H29F2N5O6. The van der Waals surface area contributed by atoms with Crippen molar-refractivity contribution in [2.24, 2.45) is 5.92 Å². The Balaban J connectivity index is 2.34. The molecule has 2 aromatic rings. The summed E-state index contributed by atoms with van der Waals surface area (Å²) in [6.07, 6.45) is 0. The standard InChI is InChI=1S/C21H29F2N5O6/c1-12(2)11-28-18(24)17(19(30)26-21(28)31)27(7-8-32-3)16(29)10-25-13-5-6-14(33-4)15(9-13)34-20(22)23/h5-6,9,12,20,25H,7-8,10-11,24H2,1-4H3,(H,26,30,31). The first-order valence-electron chi connectivity index (χ1n) is 10.4. The summed E-state index contributed by atoms with van der Waals surface area (Å²) in [6, 6.07) is 4.16. The van der Waals surface area contributed by atoms with E-state index in [1.807, 2.05) is 13.8 Å². The third-order valence-electron chi connectivity index (χ3n) is 4.68. The predicted molar refractivity (Wildman–Crippen MR) is 123 cm³/mol. The number of aromatic nitrogens is 2. The number of aromatic amines is 1. The number of halogens is 2. The number of ether oxygens (including phenoxy) is 3. The van der Waals surface area contributed by atoms with Crippen LogP contribution in [0.1, 0.15) is 13.8 Å². The lowest BCUT2D eigenvalue weighted by Crippen LogP contribution is -2.44. The highest BCUT2D eigenvalue weighted by Gasteiger charge is 2.24. The number of carbonyl (C=O) groups is 1. The molecule has 0 aliphatic carbocycles. The van der Waals surface area contributed by atoms with Gasteiger partial charge in [-0.3, -0.25) is 19.1 Å². The van der Waals surface area contributed by atoms with Crippen molar-refractivity contribution in [3.8, 4) is 11.5 Å². The van der Waals surface area contributed by atoms with Gasteiger partial charge in [0.1, 0.15) is 5.82 Å². The van der Waals surface area contributed by atoms with E-state index in [1.165, 1.54) is 37.0 Å². The quantitative estimate of drug-likeness (QED) is 0.411. The van der Waals surface area contributed by atoms with Gasteiger partial charge in [0, 0.05) is 32.0 Å². The molecule has 0 bridgehead atoms. The zero-order valence-electron chi connectivity index (χ0n) is 19.4. The molecule has 1 aromatic heterocycles. The predicted octanol–water partition coefficient (Wildman–Crippen LogP) is 1.48. The van der Waals surface area contributed by atoms with Crippen molar-refractivity contribution in [1.29, 1.82) is 0 Å². The maximum atomic E-state index is 13.1. The van der Waals surface area contributed by atoms with Crippen molar-refractivity contribution in [1.82, 2.24) is 9.55 Å². The first-order chi connectivity index (χ1) is 16.1. The monoisotopic (exact) mass is 485 g/mol. The number of hydrogen-bond donors (Lipinski definition) is 3. The lowest BCUT2D eigenvalue weighted by Gasteiger charge is -2.25. The lowest BCUT2D eigenvalue weighted by atomic mass is 10.2. The van der Waals surface area contributed by atoms with Crippen molar-refractivity contribution < 1.29 is 27.8 Å². The Morgan fingerprint density at radius 2 is 1.94 bits per heavy atom. The fourth-order valence-electron chi connectivity index (χ4n) is 3.18. The van der Waals surface area contributed by atoms with Crippen LogP contribution < -0.4 is 36.7 Å². The number of nitrogens with one attached hydrogen (secondary N) is 2. The second kappa shape index (κ2) is 12.0. The molecule has 0 radical (unpaired) electrons. The average Bonchev–Trinajstić information content (AvgIpc) is 2.76. The van der Waals surface area contributed by atoms with Gasteiger partial charge in [-0.25, -0.2) is 4.79 Å². The van der Waals surface area contributed by atoms with Crippen molar-refractivity contribution in [3.63, 3.8) is 0 Å². The lowest BCUT2D eigenvalue weighted by molar-refractivity contribution is -0.117. The summed E-state index contributed by atoms with van der Waals surface area (Å²) in [7, 11) is 2.73. The topological polar surface area (TPSA) is 141 Å². The highest BCUT2D eigenvalue weighted by atomic mass is 19.3. The molecule has 188 valence electrons. The van der Waals surface area contributed by atoms with Gasteiger partial charge in [0.05, 0.1) is 20.3 Å². The first-order valence-corrected chi connectivity index (χ1v) is 10.4. The number of hydrogen-bond acceptors (Lipinski definition) is 8. The number of alkyl halides is 2. The maximum Gasteiger partial charge on any atom is 0.387 e. The number of rotatable bonds is 12. The van der Waals surface area contributed by atoms with Crippen molar-refractivity contribution in [2.75, 3.05) is 49.9 Å². The number of carbonyl (C=O) groups excluding carboxylic acids is 1. The van der Waals surface area contributed by atoms with Crippen LogP contribution in [0.15, 0.2) is 27.8 Å². The molecule has 1 aromatic carbocycles. The van der Waals surface area contributed by atoms with E-state index in [2.05, 4.69) is 15.0 Å². The molecule has 11 nitrogen and oxygen atoms in total.